The fourth-order valence-electron chi connectivity index (χ4n) is 2.95. The second-order valence-electron chi connectivity index (χ2n) is 6.04. The Morgan fingerprint density at radius 1 is 1.35 bits per heavy atom. The molecule has 4 N–H and O–H groups in total. The van der Waals surface area contributed by atoms with Crippen molar-refractivity contribution in [2.45, 2.75) is 19.6 Å². The summed E-state index contributed by atoms with van der Waals surface area (Å²) in [5, 5.41) is 19.4. The zero-order valence-electron chi connectivity index (χ0n) is 14.2. The molecule has 3 rings (SSSR count). The summed E-state index contributed by atoms with van der Waals surface area (Å²) in [6, 6.07) is 2.92. The number of aromatic hydroxyl groups is 1. The van der Waals surface area contributed by atoms with Crippen LogP contribution >= 0.6 is 0 Å². The summed E-state index contributed by atoms with van der Waals surface area (Å²) in [4.78, 5) is 2.00. The molecule has 142 valence electrons. The molecule has 0 amide bonds. The van der Waals surface area contributed by atoms with E-state index in [0.717, 1.165) is 5.82 Å². The lowest BCUT2D eigenvalue weighted by atomic mass is 10.1. The normalized spacial score (nSPS) is 20.2. The number of aliphatic hydroxyl groups is 1. The summed E-state index contributed by atoms with van der Waals surface area (Å²) in [6.45, 7) is 0.278. The van der Waals surface area contributed by atoms with Crippen LogP contribution in [0.5, 0.6) is 11.5 Å². The van der Waals surface area contributed by atoms with Crippen LogP contribution in [0.1, 0.15) is 11.1 Å². The van der Waals surface area contributed by atoms with Gasteiger partial charge in [0.25, 0.3) is 0 Å². The molecule has 1 atom stereocenters. The van der Waals surface area contributed by atoms with Crippen molar-refractivity contribution >= 4 is 5.70 Å². The third kappa shape index (κ3) is 4.00. The maximum Gasteiger partial charge on any atom is 0.387 e. The highest BCUT2D eigenvalue weighted by molar-refractivity contribution is 5.76. The zero-order chi connectivity index (χ0) is 18.7. The molecule has 9 heteroatoms. The fraction of sp³-hybridized carbons (Fsp3) is 0.412. The molecule has 0 radical (unpaired) electrons. The second kappa shape index (κ2) is 7.79. The van der Waals surface area contributed by atoms with E-state index >= 15 is 0 Å². The number of alkyl halides is 2. The largest absolute Gasteiger partial charge is 0.507 e. The highest BCUT2D eigenvalue weighted by atomic mass is 19.3. The van der Waals surface area contributed by atoms with Crippen molar-refractivity contribution < 1.29 is 28.5 Å². The third-order valence-corrected chi connectivity index (χ3v) is 4.13. The molecule has 0 aliphatic carbocycles. The molecule has 2 aliphatic heterocycles. The first-order valence-corrected chi connectivity index (χ1v) is 8.18. The number of benzene rings is 1. The molecule has 1 saturated heterocycles. The summed E-state index contributed by atoms with van der Waals surface area (Å²) in [7, 11) is 0. The van der Waals surface area contributed by atoms with Gasteiger partial charge >= 0.3 is 6.61 Å². The summed E-state index contributed by atoms with van der Waals surface area (Å²) >= 11 is 0. The summed E-state index contributed by atoms with van der Waals surface area (Å²) in [6.07, 6.45) is 3.17. The van der Waals surface area contributed by atoms with Crippen molar-refractivity contribution in [3.63, 3.8) is 0 Å². The van der Waals surface area contributed by atoms with E-state index in [0.29, 0.717) is 31.0 Å². The van der Waals surface area contributed by atoms with Crippen LogP contribution in [-0.4, -0.2) is 54.1 Å². The van der Waals surface area contributed by atoms with Gasteiger partial charge in [0, 0.05) is 13.1 Å². The molecule has 1 unspecified atom stereocenters. The van der Waals surface area contributed by atoms with Gasteiger partial charge in [-0.15, -0.1) is 0 Å². The number of phenolic OH excluding ortho intramolecular Hbond substituents is 1. The Kier molecular flexibility index (Phi) is 5.48. The van der Waals surface area contributed by atoms with Crippen LogP contribution in [-0.2, 0) is 4.74 Å². The molecular formula is C17H21F2N3O4. The van der Waals surface area contributed by atoms with Crippen molar-refractivity contribution in [1.29, 1.82) is 0 Å². The van der Waals surface area contributed by atoms with Gasteiger partial charge in [-0.2, -0.15) is 8.78 Å². The van der Waals surface area contributed by atoms with Crippen molar-refractivity contribution in [2.24, 2.45) is 0 Å². The number of ether oxygens (including phenoxy) is 2. The number of hydrazine groups is 1. The van der Waals surface area contributed by atoms with E-state index in [-0.39, 0.29) is 29.8 Å². The molecular weight excluding hydrogens is 348 g/mol. The number of nitrogens with one attached hydrogen (secondary N) is 2. The minimum atomic E-state index is -3.00. The standard InChI is InChI=1S/C17H21F2N3O4/c1-10-6-13(24)16(14(7-10)26-17(18)19)12-2-3-15(21-20-12)22-4-5-25-11(8-22)9-23/h2-3,6-7,11,17,20-21,23-24H,4-5,8-9H2,1H3. The van der Waals surface area contributed by atoms with E-state index in [1.165, 1.54) is 12.1 Å². The smallest absolute Gasteiger partial charge is 0.387 e. The first-order chi connectivity index (χ1) is 12.5. The lowest BCUT2D eigenvalue weighted by Gasteiger charge is -2.36. The zero-order valence-corrected chi connectivity index (χ0v) is 14.2. The molecule has 1 aromatic carbocycles. The average Bonchev–Trinajstić information content (AvgIpc) is 2.61. The van der Waals surface area contributed by atoms with Crippen LogP contribution in [0.2, 0.25) is 0 Å². The topological polar surface area (TPSA) is 86.2 Å². The first kappa shape index (κ1) is 18.3. The number of nitrogens with zero attached hydrogens (tertiary/aromatic N) is 1. The van der Waals surface area contributed by atoms with E-state index < -0.39 is 6.61 Å². The van der Waals surface area contributed by atoms with Gasteiger partial charge in [-0.3, -0.25) is 10.9 Å². The molecule has 1 fully saturated rings. The molecule has 0 aromatic heterocycles. The minimum absolute atomic E-state index is 0.0656. The highest BCUT2D eigenvalue weighted by Crippen LogP contribution is 2.36. The van der Waals surface area contributed by atoms with Crippen LogP contribution in [0.25, 0.3) is 5.70 Å². The van der Waals surface area contributed by atoms with Gasteiger partial charge in [0.15, 0.2) is 0 Å². The Hall–Kier alpha value is -2.52. The van der Waals surface area contributed by atoms with Gasteiger partial charge in [-0.25, -0.2) is 0 Å². The fourth-order valence-corrected chi connectivity index (χ4v) is 2.95. The predicted octanol–water partition coefficient (Wildman–Crippen LogP) is 1.29. The van der Waals surface area contributed by atoms with E-state index in [2.05, 4.69) is 15.6 Å². The molecule has 26 heavy (non-hydrogen) atoms. The number of rotatable bonds is 5. The van der Waals surface area contributed by atoms with Crippen LogP contribution < -0.4 is 15.6 Å². The number of aryl methyl sites for hydroxylation is 1. The summed E-state index contributed by atoms with van der Waals surface area (Å²) in [5.74, 6) is 0.477. The Bertz CT molecular complexity index is 724. The number of halogens is 2. The van der Waals surface area contributed by atoms with E-state index in [9.17, 15) is 19.0 Å². The highest BCUT2D eigenvalue weighted by Gasteiger charge is 2.24. The number of hydrogen-bond donors (Lipinski definition) is 4. The van der Waals surface area contributed by atoms with Crippen molar-refractivity contribution in [2.75, 3.05) is 26.3 Å². The quantitative estimate of drug-likeness (QED) is 0.622. The van der Waals surface area contributed by atoms with Crippen LogP contribution in [0.15, 0.2) is 30.1 Å². The molecule has 7 nitrogen and oxygen atoms in total. The Balaban J connectivity index is 1.85. The predicted molar refractivity (Wildman–Crippen MR) is 90.2 cm³/mol. The molecule has 0 bridgehead atoms. The van der Waals surface area contributed by atoms with E-state index in [1.54, 1.807) is 19.1 Å². The van der Waals surface area contributed by atoms with Gasteiger partial charge in [-0.1, -0.05) is 0 Å². The van der Waals surface area contributed by atoms with Gasteiger partial charge in [0.2, 0.25) is 0 Å². The minimum Gasteiger partial charge on any atom is -0.507 e. The molecule has 2 heterocycles. The third-order valence-electron chi connectivity index (χ3n) is 4.13. The number of aliphatic hydroxyl groups excluding tert-OH is 1. The van der Waals surface area contributed by atoms with Crippen LogP contribution in [0.4, 0.5) is 8.78 Å². The van der Waals surface area contributed by atoms with Crippen molar-refractivity contribution in [1.82, 2.24) is 15.8 Å². The summed E-state index contributed by atoms with van der Waals surface area (Å²) < 4.78 is 35.4. The van der Waals surface area contributed by atoms with Crippen molar-refractivity contribution in [3.05, 3.63) is 41.2 Å². The second-order valence-corrected chi connectivity index (χ2v) is 6.04. The van der Waals surface area contributed by atoms with E-state index in [1.807, 2.05) is 4.90 Å². The number of allylic oxidation sites excluding steroid dienone is 2. The van der Waals surface area contributed by atoms with Gasteiger partial charge in [0.05, 0.1) is 30.6 Å². The van der Waals surface area contributed by atoms with Crippen molar-refractivity contribution in [3.8, 4) is 11.5 Å². The lowest BCUT2D eigenvalue weighted by molar-refractivity contribution is -0.0501. The monoisotopic (exact) mass is 369 g/mol. The van der Waals surface area contributed by atoms with E-state index in [4.69, 9.17) is 4.74 Å². The summed E-state index contributed by atoms with van der Waals surface area (Å²) in [5.41, 5.74) is 7.03. The Labute approximate surface area is 149 Å². The molecule has 0 spiro atoms. The van der Waals surface area contributed by atoms with Gasteiger partial charge in [-0.05, 0) is 36.8 Å². The number of phenols is 1. The molecule has 2 aliphatic rings. The first-order valence-electron chi connectivity index (χ1n) is 8.18. The van der Waals surface area contributed by atoms with Crippen LogP contribution in [0.3, 0.4) is 0 Å². The molecule has 0 saturated carbocycles. The maximum atomic E-state index is 12.7. The SMILES string of the molecule is Cc1cc(O)c(C2=CC=C(N3CCOC(CO)C3)NN2)c(OC(F)F)c1. The lowest BCUT2D eigenvalue weighted by Crippen LogP contribution is -2.49. The number of morpholine rings is 1. The number of hydrogen-bond acceptors (Lipinski definition) is 7. The maximum absolute atomic E-state index is 12.7. The van der Waals surface area contributed by atoms with Gasteiger partial charge in [0.1, 0.15) is 17.3 Å². The van der Waals surface area contributed by atoms with Crippen LogP contribution in [0, 0.1) is 6.92 Å². The molecule has 1 aromatic rings. The Morgan fingerprint density at radius 3 is 2.81 bits per heavy atom. The Morgan fingerprint density at radius 2 is 2.15 bits per heavy atom. The average molecular weight is 369 g/mol. The van der Waals surface area contributed by atoms with Gasteiger partial charge < -0.3 is 24.6 Å².